The fourth-order valence-corrected chi connectivity index (χ4v) is 2.48. The van der Waals surface area contributed by atoms with Gasteiger partial charge in [0, 0.05) is 18.7 Å². The maximum Gasteiger partial charge on any atom is 0.244 e. The summed E-state index contributed by atoms with van der Waals surface area (Å²) >= 11 is 0. The van der Waals surface area contributed by atoms with Crippen molar-refractivity contribution in [1.29, 1.82) is 0 Å². The fourth-order valence-electron chi connectivity index (χ4n) is 2.48. The summed E-state index contributed by atoms with van der Waals surface area (Å²) in [5.41, 5.74) is 0.527. The van der Waals surface area contributed by atoms with Gasteiger partial charge in [-0.1, -0.05) is 12.1 Å². The molecule has 2 aromatic carbocycles. The summed E-state index contributed by atoms with van der Waals surface area (Å²) in [7, 11) is 3.11. The minimum atomic E-state index is -0.731. The van der Waals surface area contributed by atoms with Crippen LogP contribution in [0.2, 0.25) is 0 Å². The fraction of sp³-hybridized carbons (Fsp3) is 0.286. The minimum Gasteiger partial charge on any atom is -0.493 e. The summed E-state index contributed by atoms with van der Waals surface area (Å²) in [6.07, 6.45) is 2.21. The zero-order chi connectivity index (χ0) is 20.5. The van der Waals surface area contributed by atoms with Crippen LogP contribution < -0.4 is 14.8 Å². The van der Waals surface area contributed by atoms with Gasteiger partial charge < -0.3 is 19.5 Å². The van der Waals surface area contributed by atoms with E-state index in [0.29, 0.717) is 24.7 Å². The number of methoxy groups -OCH3 is 2. The van der Waals surface area contributed by atoms with E-state index in [1.54, 1.807) is 32.2 Å². The van der Waals surface area contributed by atoms with Gasteiger partial charge in [0.2, 0.25) is 5.91 Å². The molecule has 1 atom stereocenters. The van der Waals surface area contributed by atoms with Crippen LogP contribution in [-0.2, 0) is 9.53 Å². The molecule has 2 aromatic rings. The first-order valence-corrected chi connectivity index (χ1v) is 8.68. The molecule has 0 saturated carbocycles. The Kier molecular flexibility index (Phi) is 7.95. The van der Waals surface area contributed by atoms with Crippen molar-refractivity contribution >= 4 is 12.0 Å². The van der Waals surface area contributed by atoms with Crippen molar-refractivity contribution in [1.82, 2.24) is 5.32 Å². The molecule has 1 N–H and O–H groups in total. The van der Waals surface area contributed by atoms with Gasteiger partial charge in [-0.15, -0.1) is 0 Å². The molecule has 150 valence electrons. The van der Waals surface area contributed by atoms with Gasteiger partial charge in [-0.3, -0.25) is 4.79 Å². The Hall–Kier alpha value is -2.93. The Morgan fingerprint density at radius 2 is 1.82 bits per heavy atom. The number of amides is 1. The Labute approximate surface area is 162 Å². The van der Waals surface area contributed by atoms with Crippen LogP contribution in [0, 0.1) is 11.6 Å². The van der Waals surface area contributed by atoms with Crippen LogP contribution in [0.3, 0.4) is 0 Å². The number of hydrogen-bond donors (Lipinski definition) is 1. The molecule has 1 unspecified atom stereocenters. The number of hydrogen-bond acceptors (Lipinski definition) is 4. The molecule has 7 heteroatoms. The second-order valence-electron chi connectivity index (χ2n) is 5.95. The second-order valence-corrected chi connectivity index (χ2v) is 5.95. The summed E-state index contributed by atoms with van der Waals surface area (Å²) in [6.45, 7) is 2.62. The summed E-state index contributed by atoms with van der Waals surface area (Å²) in [5.74, 6) is -0.846. The highest BCUT2D eigenvalue weighted by molar-refractivity contribution is 5.92. The first kappa shape index (κ1) is 21.4. The molecule has 28 heavy (non-hydrogen) atoms. The monoisotopic (exact) mass is 391 g/mol. The number of rotatable bonds is 9. The lowest BCUT2D eigenvalue weighted by Crippen LogP contribution is -2.24. The molecule has 0 fully saturated rings. The quantitative estimate of drug-likeness (QED) is 0.521. The molecule has 0 radical (unpaired) electrons. The lowest BCUT2D eigenvalue weighted by Gasteiger charge is -2.16. The third kappa shape index (κ3) is 5.79. The summed E-state index contributed by atoms with van der Waals surface area (Å²) < 4.78 is 43.1. The molecule has 0 aliphatic carbocycles. The van der Waals surface area contributed by atoms with E-state index in [4.69, 9.17) is 14.2 Å². The number of halogens is 2. The largest absolute Gasteiger partial charge is 0.493 e. The Morgan fingerprint density at radius 3 is 2.46 bits per heavy atom. The first-order chi connectivity index (χ1) is 13.5. The number of carbonyl (C=O) groups is 1. The van der Waals surface area contributed by atoms with Crippen LogP contribution in [0.25, 0.3) is 6.08 Å². The van der Waals surface area contributed by atoms with E-state index >= 15 is 0 Å². The van der Waals surface area contributed by atoms with Gasteiger partial charge in [0.15, 0.2) is 11.5 Å². The first-order valence-electron chi connectivity index (χ1n) is 8.68. The van der Waals surface area contributed by atoms with E-state index in [9.17, 15) is 13.6 Å². The number of ether oxygens (including phenoxy) is 3. The van der Waals surface area contributed by atoms with Crippen LogP contribution in [0.15, 0.2) is 42.5 Å². The van der Waals surface area contributed by atoms with Crippen LogP contribution in [0.4, 0.5) is 8.78 Å². The second kappa shape index (κ2) is 10.4. The van der Waals surface area contributed by atoms with Gasteiger partial charge in [-0.2, -0.15) is 0 Å². The van der Waals surface area contributed by atoms with E-state index in [1.807, 2.05) is 0 Å². The van der Waals surface area contributed by atoms with E-state index in [1.165, 1.54) is 13.2 Å². The third-order valence-electron chi connectivity index (χ3n) is 3.99. The number of nitrogens with one attached hydrogen (secondary N) is 1. The van der Waals surface area contributed by atoms with Crippen LogP contribution in [0.5, 0.6) is 11.5 Å². The van der Waals surface area contributed by atoms with E-state index in [0.717, 1.165) is 29.8 Å². The number of carbonyl (C=O) groups excluding carboxylic acids is 1. The lowest BCUT2D eigenvalue weighted by atomic mass is 10.1. The maximum atomic E-state index is 13.6. The Morgan fingerprint density at radius 1 is 1.11 bits per heavy atom. The summed E-state index contributed by atoms with van der Waals surface area (Å²) in [6, 6.07) is 8.47. The van der Waals surface area contributed by atoms with E-state index in [2.05, 4.69) is 5.32 Å². The lowest BCUT2D eigenvalue weighted by molar-refractivity contribution is -0.117. The third-order valence-corrected chi connectivity index (χ3v) is 3.99. The molecule has 0 heterocycles. The predicted molar refractivity (Wildman–Crippen MR) is 102 cm³/mol. The van der Waals surface area contributed by atoms with Crippen LogP contribution in [-0.4, -0.2) is 33.3 Å². The Balaban J connectivity index is 2.04. The van der Waals surface area contributed by atoms with Crippen molar-refractivity contribution in [2.24, 2.45) is 0 Å². The molecule has 5 nitrogen and oxygen atoms in total. The molecule has 0 aliphatic heterocycles. The molecule has 2 rings (SSSR count). The summed E-state index contributed by atoms with van der Waals surface area (Å²) in [5, 5.41) is 2.74. The van der Waals surface area contributed by atoms with Gasteiger partial charge in [-0.05, 0) is 42.8 Å². The van der Waals surface area contributed by atoms with Gasteiger partial charge >= 0.3 is 0 Å². The highest BCUT2D eigenvalue weighted by Gasteiger charge is 2.13. The van der Waals surface area contributed by atoms with Crippen LogP contribution in [0.1, 0.15) is 24.1 Å². The zero-order valence-corrected chi connectivity index (χ0v) is 16.0. The highest BCUT2D eigenvalue weighted by atomic mass is 19.1. The molecule has 0 bridgehead atoms. The van der Waals surface area contributed by atoms with E-state index in [-0.39, 0.29) is 11.6 Å². The molecule has 0 aromatic heterocycles. The topological polar surface area (TPSA) is 56.8 Å². The molecular weight excluding hydrogens is 368 g/mol. The minimum absolute atomic E-state index is 0.260. The van der Waals surface area contributed by atoms with Gasteiger partial charge in [0.25, 0.3) is 0 Å². The normalized spacial score (nSPS) is 12.0. The van der Waals surface area contributed by atoms with E-state index < -0.39 is 17.5 Å². The summed E-state index contributed by atoms with van der Waals surface area (Å²) in [4.78, 5) is 12.1. The molecular formula is C21H23F2NO4. The van der Waals surface area contributed by atoms with Crippen molar-refractivity contribution in [3.63, 3.8) is 0 Å². The molecule has 0 aliphatic rings. The SMILES string of the molecule is COCCOc1ccc(C(C)NC(=O)/C=C/c2c(F)cccc2F)cc1OC. The van der Waals surface area contributed by atoms with Crippen molar-refractivity contribution in [3.8, 4) is 11.5 Å². The van der Waals surface area contributed by atoms with Gasteiger partial charge in [-0.25, -0.2) is 8.78 Å². The maximum absolute atomic E-state index is 13.6. The van der Waals surface area contributed by atoms with Crippen molar-refractivity contribution < 1.29 is 27.8 Å². The predicted octanol–water partition coefficient (Wildman–Crippen LogP) is 3.89. The molecule has 0 saturated heterocycles. The Bertz CT molecular complexity index is 819. The average Bonchev–Trinajstić information content (AvgIpc) is 2.67. The molecule has 0 spiro atoms. The van der Waals surface area contributed by atoms with Gasteiger partial charge in [0.05, 0.1) is 19.8 Å². The average molecular weight is 391 g/mol. The smallest absolute Gasteiger partial charge is 0.244 e. The van der Waals surface area contributed by atoms with Gasteiger partial charge in [0.1, 0.15) is 18.2 Å². The van der Waals surface area contributed by atoms with Crippen molar-refractivity contribution in [2.45, 2.75) is 13.0 Å². The molecule has 1 amide bonds. The van der Waals surface area contributed by atoms with Crippen LogP contribution >= 0.6 is 0 Å². The van der Waals surface area contributed by atoms with Crippen molar-refractivity contribution in [3.05, 3.63) is 65.2 Å². The standard InChI is InChI=1S/C21H23F2NO4/c1-14(15-7-9-19(20(13-15)27-3)28-12-11-26-2)24-21(25)10-8-16-17(22)5-4-6-18(16)23/h4-10,13-14H,11-12H2,1-3H3,(H,24,25)/b10-8+. The van der Waals surface area contributed by atoms with Crippen molar-refractivity contribution in [2.75, 3.05) is 27.4 Å². The zero-order valence-electron chi connectivity index (χ0n) is 16.0. The highest BCUT2D eigenvalue weighted by Crippen LogP contribution is 2.30. The number of benzene rings is 2.